The molecule has 1 amide bonds. The molecule has 1 rings (SSSR count). The summed E-state index contributed by atoms with van der Waals surface area (Å²) in [5, 5.41) is 15.4. The minimum Gasteiger partial charge on any atom is -0.508 e. The minimum absolute atomic E-state index is 0.0165. The van der Waals surface area contributed by atoms with E-state index in [-0.39, 0.29) is 29.8 Å². The summed E-state index contributed by atoms with van der Waals surface area (Å²) in [5.41, 5.74) is 0.742. The predicted molar refractivity (Wildman–Crippen MR) is 72.4 cm³/mol. The van der Waals surface area contributed by atoms with Crippen LogP contribution in [0.3, 0.4) is 0 Å². The second-order valence-corrected chi connectivity index (χ2v) is 5.50. The van der Waals surface area contributed by atoms with Crippen LogP contribution in [0.4, 0.5) is 0 Å². The molecule has 1 aromatic rings. The number of carbonyl (C=O) groups excluding carboxylic acids is 1. The van der Waals surface area contributed by atoms with E-state index in [4.69, 9.17) is 0 Å². The number of phenolic OH excluding ortho intramolecular Hbond substituents is 1. The highest BCUT2D eigenvalue weighted by Gasteiger charge is 2.14. The van der Waals surface area contributed by atoms with Crippen LogP contribution in [-0.2, 0) is 4.79 Å². The van der Waals surface area contributed by atoms with Crippen LogP contribution < -0.4 is 10.6 Å². The van der Waals surface area contributed by atoms with Gasteiger partial charge in [-0.25, -0.2) is 0 Å². The van der Waals surface area contributed by atoms with Gasteiger partial charge in [0.25, 0.3) is 0 Å². The third kappa shape index (κ3) is 5.19. The van der Waals surface area contributed by atoms with Gasteiger partial charge in [-0.3, -0.25) is 4.79 Å². The van der Waals surface area contributed by atoms with E-state index in [1.54, 1.807) is 18.2 Å². The lowest BCUT2D eigenvalue weighted by Gasteiger charge is -2.21. The van der Waals surface area contributed by atoms with Crippen LogP contribution in [0.15, 0.2) is 24.3 Å². The van der Waals surface area contributed by atoms with Crippen LogP contribution in [0.5, 0.6) is 5.75 Å². The van der Waals surface area contributed by atoms with Crippen molar-refractivity contribution in [3.63, 3.8) is 0 Å². The zero-order valence-corrected chi connectivity index (χ0v) is 11.4. The molecule has 0 spiro atoms. The van der Waals surface area contributed by atoms with E-state index in [0.717, 1.165) is 5.56 Å². The first kappa shape index (κ1) is 14.5. The van der Waals surface area contributed by atoms with Gasteiger partial charge in [-0.1, -0.05) is 12.1 Å². The first-order valence-electron chi connectivity index (χ1n) is 6.11. The number of benzene rings is 1. The van der Waals surface area contributed by atoms with Crippen molar-refractivity contribution in [2.75, 3.05) is 6.54 Å². The summed E-state index contributed by atoms with van der Waals surface area (Å²) in [6.45, 7) is 8.06. The Morgan fingerprint density at radius 1 is 1.39 bits per heavy atom. The van der Waals surface area contributed by atoms with Crippen LogP contribution >= 0.6 is 0 Å². The molecule has 0 aromatic heterocycles. The van der Waals surface area contributed by atoms with Crippen LogP contribution in [0.2, 0.25) is 0 Å². The highest BCUT2D eigenvalue weighted by molar-refractivity contribution is 5.78. The Morgan fingerprint density at radius 2 is 2.06 bits per heavy atom. The summed E-state index contributed by atoms with van der Waals surface area (Å²) in [6, 6.07) is 7.04. The number of nitrogens with one attached hydrogen (secondary N) is 2. The fraction of sp³-hybridized carbons (Fsp3) is 0.500. The van der Waals surface area contributed by atoms with Crippen molar-refractivity contribution in [3.05, 3.63) is 29.8 Å². The Kier molecular flexibility index (Phi) is 4.73. The maximum Gasteiger partial charge on any atom is 0.234 e. The number of carbonyl (C=O) groups is 1. The molecule has 18 heavy (non-hydrogen) atoms. The van der Waals surface area contributed by atoms with Crippen molar-refractivity contribution >= 4 is 5.91 Å². The summed E-state index contributed by atoms with van der Waals surface area (Å²) in [4.78, 5) is 11.6. The highest BCUT2D eigenvalue weighted by Crippen LogP contribution is 2.17. The first-order chi connectivity index (χ1) is 8.28. The van der Waals surface area contributed by atoms with Gasteiger partial charge in [0, 0.05) is 11.6 Å². The topological polar surface area (TPSA) is 61.4 Å². The van der Waals surface area contributed by atoms with E-state index in [2.05, 4.69) is 10.6 Å². The molecule has 0 fully saturated rings. The zero-order valence-electron chi connectivity index (χ0n) is 11.4. The lowest BCUT2D eigenvalue weighted by molar-refractivity contribution is -0.121. The number of hydrogen-bond acceptors (Lipinski definition) is 3. The summed E-state index contributed by atoms with van der Waals surface area (Å²) in [7, 11) is 0. The molecular formula is C14H22N2O2. The van der Waals surface area contributed by atoms with Gasteiger partial charge in [0.05, 0.1) is 6.54 Å². The summed E-state index contributed by atoms with van der Waals surface area (Å²) >= 11 is 0. The van der Waals surface area contributed by atoms with Crippen molar-refractivity contribution in [2.45, 2.75) is 39.3 Å². The van der Waals surface area contributed by atoms with Crippen LogP contribution in [0, 0.1) is 0 Å². The van der Waals surface area contributed by atoms with E-state index in [9.17, 15) is 9.90 Å². The summed E-state index contributed by atoms with van der Waals surface area (Å²) in [6.07, 6.45) is 0. The second-order valence-electron chi connectivity index (χ2n) is 5.50. The molecular weight excluding hydrogens is 228 g/mol. The van der Waals surface area contributed by atoms with Crippen molar-refractivity contribution < 1.29 is 9.90 Å². The largest absolute Gasteiger partial charge is 0.508 e. The Morgan fingerprint density at radius 3 is 2.61 bits per heavy atom. The molecule has 3 N–H and O–H groups in total. The summed E-state index contributed by atoms with van der Waals surface area (Å²) in [5.74, 6) is 0.204. The normalized spacial score (nSPS) is 13.1. The molecule has 0 heterocycles. The molecule has 4 heteroatoms. The van der Waals surface area contributed by atoms with Crippen LogP contribution in [-0.4, -0.2) is 23.1 Å². The molecule has 0 aliphatic heterocycles. The second kappa shape index (κ2) is 5.87. The van der Waals surface area contributed by atoms with Gasteiger partial charge in [-0.05, 0) is 45.4 Å². The molecule has 100 valence electrons. The molecule has 1 unspecified atom stereocenters. The number of rotatable bonds is 4. The van der Waals surface area contributed by atoms with Gasteiger partial charge in [0.2, 0.25) is 5.91 Å². The molecule has 0 radical (unpaired) electrons. The lowest BCUT2D eigenvalue weighted by atomic mass is 10.1. The van der Waals surface area contributed by atoms with Gasteiger partial charge in [-0.15, -0.1) is 0 Å². The van der Waals surface area contributed by atoms with E-state index in [0.29, 0.717) is 0 Å². The molecule has 1 atom stereocenters. The van der Waals surface area contributed by atoms with E-state index < -0.39 is 0 Å². The van der Waals surface area contributed by atoms with E-state index >= 15 is 0 Å². The fourth-order valence-electron chi connectivity index (χ4n) is 1.62. The zero-order chi connectivity index (χ0) is 13.8. The molecule has 0 saturated carbocycles. The van der Waals surface area contributed by atoms with Gasteiger partial charge in [0.1, 0.15) is 5.75 Å². The molecule has 0 aliphatic rings. The molecule has 1 aromatic carbocycles. The molecule has 0 aliphatic carbocycles. The van der Waals surface area contributed by atoms with Crippen LogP contribution in [0.25, 0.3) is 0 Å². The Hall–Kier alpha value is -1.55. The maximum absolute atomic E-state index is 11.6. The SMILES string of the molecule is CC(NCC(=O)NC(C)(C)C)c1cccc(O)c1. The van der Waals surface area contributed by atoms with E-state index in [1.165, 1.54) is 0 Å². The number of aromatic hydroxyl groups is 1. The molecule has 0 saturated heterocycles. The van der Waals surface area contributed by atoms with Gasteiger partial charge in [0.15, 0.2) is 0 Å². The lowest BCUT2D eigenvalue weighted by Crippen LogP contribution is -2.45. The van der Waals surface area contributed by atoms with E-state index in [1.807, 2.05) is 33.8 Å². The molecule has 0 bridgehead atoms. The Labute approximate surface area is 108 Å². The quantitative estimate of drug-likeness (QED) is 0.765. The predicted octanol–water partition coefficient (Wildman–Crippen LogP) is 1.96. The average molecular weight is 250 g/mol. The van der Waals surface area contributed by atoms with Crippen molar-refractivity contribution in [1.29, 1.82) is 0 Å². The third-order valence-electron chi connectivity index (χ3n) is 2.45. The maximum atomic E-state index is 11.6. The highest BCUT2D eigenvalue weighted by atomic mass is 16.3. The van der Waals surface area contributed by atoms with Crippen LogP contribution in [0.1, 0.15) is 39.3 Å². The smallest absolute Gasteiger partial charge is 0.234 e. The van der Waals surface area contributed by atoms with Gasteiger partial charge >= 0.3 is 0 Å². The minimum atomic E-state index is -0.215. The fourth-order valence-corrected chi connectivity index (χ4v) is 1.62. The third-order valence-corrected chi connectivity index (χ3v) is 2.45. The summed E-state index contributed by atoms with van der Waals surface area (Å²) < 4.78 is 0. The average Bonchev–Trinajstić information content (AvgIpc) is 2.23. The molecule has 4 nitrogen and oxygen atoms in total. The standard InChI is InChI=1S/C14H22N2O2/c1-10(11-6-5-7-12(17)8-11)15-9-13(18)16-14(2,3)4/h5-8,10,15,17H,9H2,1-4H3,(H,16,18). The number of amides is 1. The van der Waals surface area contributed by atoms with Gasteiger partial charge in [-0.2, -0.15) is 0 Å². The Bertz CT molecular complexity index is 411. The van der Waals surface area contributed by atoms with Crippen molar-refractivity contribution in [3.8, 4) is 5.75 Å². The Balaban J connectivity index is 2.46. The number of phenols is 1. The monoisotopic (exact) mass is 250 g/mol. The first-order valence-corrected chi connectivity index (χ1v) is 6.11. The van der Waals surface area contributed by atoms with Crippen molar-refractivity contribution in [1.82, 2.24) is 10.6 Å². The van der Waals surface area contributed by atoms with Gasteiger partial charge < -0.3 is 15.7 Å². The van der Waals surface area contributed by atoms with Crippen molar-refractivity contribution in [2.24, 2.45) is 0 Å². The number of hydrogen-bond donors (Lipinski definition) is 3.